The van der Waals surface area contributed by atoms with Crippen LogP contribution in [0, 0.1) is 11.3 Å². The first-order valence-corrected chi connectivity index (χ1v) is 7.20. The minimum absolute atomic E-state index is 0.496. The molecule has 0 saturated heterocycles. The molecule has 0 aromatic heterocycles. The minimum Gasteiger partial charge on any atom is -0.314 e. The average molecular weight is 227 g/mol. The molecule has 0 bridgehead atoms. The summed E-state index contributed by atoms with van der Waals surface area (Å²) in [6, 6.07) is 0.609. The Morgan fingerprint density at radius 3 is 2.00 bits per heavy atom. The highest BCUT2D eigenvalue weighted by atomic mass is 14.9. The molecule has 0 aromatic carbocycles. The summed E-state index contributed by atoms with van der Waals surface area (Å²) >= 11 is 0. The quantitative estimate of drug-likeness (QED) is 0.606. The lowest BCUT2D eigenvalue weighted by Crippen LogP contribution is -2.37. The van der Waals surface area contributed by atoms with Gasteiger partial charge in [0.1, 0.15) is 0 Å². The lowest BCUT2D eigenvalue weighted by molar-refractivity contribution is 0.199. The van der Waals surface area contributed by atoms with Gasteiger partial charge in [-0.1, -0.05) is 60.8 Å². The Hall–Kier alpha value is -0.0400. The molecule has 98 valence electrons. The second kappa shape index (κ2) is 8.11. The molecule has 0 rings (SSSR count). The fraction of sp³-hybridized carbons (Fsp3) is 1.00. The monoisotopic (exact) mass is 227 g/mol. The van der Waals surface area contributed by atoms with Crippen LogP contribution in [-0.2, 0) is 0 Å². The Balaban J connectivity index is 4.29. The maximum Gasteiger partial charge on any atom is 0.00106 e. The predicted octanol–water partition coefficient (Wildman–Crippen LogP) is 4.62. The molecule has 0 amide bonds. The minimum atomic E-state index is 0.496. The normalized spacial score (nSPS) is 15.8. The molecule has 1 N–H and O–H groups in total. The summed E-state index contributed by atoms with van der Waals surface area (Å²) in [5.41, 5.74) is 0.496. The van der Waals surface area contributed by atoms with Crippen molar-refractivity contribution in [2.24, 2.45) is 11.3 Å². The van der Waals surface area contributed by atoms with Crippen molar-refractivity contribution >= 4 is 0 Å². The zero-order chi connectivity index (χ0) is 12.6. The largest absolute Gasteiger partial charge is 0.314 e. The van der Waals surface area contributed by atoms with Crippen LogP contribution in [0.15, 0.2) is 0 Å². The molecule has 0 spiro atoms. The van der Waals surface area contributed by atoms with Crippen molar-refractivity contribution in [1.29, 1.82) is 0 Å². The van der Waals surface area contributed by atoms with Crippen LogP contribution in [0.25, 0.3) is 0 Å². The van der Waals surface area contributed by atoms with Crippen LogP contribution in [0.1, 0.15) is 73.6 Å². The van der Waals surface area contributed by atoms with Gasteiger partial charge in [-0.05, 0) is 24.2 Å². The average Bonchev–Trinajstić information content (AvgIpc) is 2.24. The van der Waals surface area contributed by atoms with E-state index in [2.05, 4.69) is 46.9 Å². The molecule has 1 unspecified atom stereocenters. The van der Waals surface area contributed by atoms with E-state index in [-0.39, 0.29) is 0 Å². The molecule has 0 aliphatic heterocycles. The molecule has 1 heteroatoms. The Morgan fingerprint density at radius 2 is 1.62 bits per heavy atom. The predicted molar refractivity (Wildman–Crippen MR) is 74.8 cm³/mol. The topological polar surface area (TPSA) is 12.0 Å². The SMILES string of the molecule is CCCC(C)(CNC(C)C)CC(CC)CC. The van der Waals surface area contributed by atoms with Crippen LogP contribution >= 0.6 is 0 Å². The third-order valence-corrected chi connectivity index (χ3v) is 3.73. The van der Waals surface area contributed by atoms with Crippen LogP contribution in [0.5, 0.6) is 0 Å². The van der Waals surface area contributed by atoms with E-state index in [4.69, 9.17) is 0 Å². The van der Waals surface area contributed by atoms with Crippen molar-refractivity contribution in [2.45, 2.75) is 79.7 Å². The molecule has 16 heavy (non-hydrogen) atoms. The van der Waals surface area contributed by atoms with Crippen molar-refractivity contribution in [3.63, 3.8) is 0 Å². The van der Waals surface area contributed by atoms with Gasteiger partial charge in [0.15, 0.2) is 0 Å². The van der Waals surface area contributed by atoms with Gasteiger partial charge < -0.3 is 5.32 Å². The second-order valence-electron chi connectivity index (χ2n) is 5.98. The number of rotatable bonds is 9. The molecule has 1 nitrogen and oxygen atoms in total. The van der Waals surface area contributed by atoms with Crippen LogP contribution < -0.4 is 5.32 Å². The van der Waals surface area contributed by atoms with Crippen molar-refractivity contribution in [3.05, 3.63) is 0 Å². The molecule has 0 fully saturated rings. The van der Waals surface area contributed by atoms with Gasteiger partial charge in [-0.3, -0.25) is 0 Å². The summed E-state index contributed by atoms with van der Waals surface area (Å²) in [6.45, 7) is 15.1. The van der Waals surface area contributed by atoms with E-state index in [0.29, 0.717) is 11.5 Å². The van der Waals surface area contributed by atoms with Gasteiger partial charge in [-0.2, -0.15) is 0 Å². The van der Waals surface area contributed by atoms with Crippen molar-refractivity contribution in [3.8, 4) is 0 Å². The molecule has 0 aromatic rings. The Kier molecular flexibility index (Phi) is 8.09. The standard InChI is InChI=1S/C15H33N/c1-7-10-15(6,12-16-13(4)5)11-14(8-2)9-3/h13-14,16H,7-12H2,1-6H3. The van der Waals surface area contributed by atoms with Crippen molar-refractivity contribution in [1.82, 2.24) is 5.32 Å². The molecular weight excluding hydrogens is 194 g/mol. The fourth-order valence-corrected chi connectivity index (χ4v) is 2.59. The lowest BCUT2D eigenvalue weighted by Gasteiger charge is -2.34. The molecule has 0 radical (unpaired) electrons. The maximum absolute atomic E-state index is 3.62. The Morgan fingerprint density at radius 1 is 1.06 bits per heavy atom. The van der Waals surface area contributed by atoms with E-state index in [1.165, 1.54) is 38.6 Å². The second-order valence-corrected chi connectivity index (χ2v) is 5.98. The van der Waals surface area contributed by atoms with Crippen molar-refractivity contribution in [2.75, 3.05) is 6.54 Å². The lowest BCUT2D eigenvalue weighted by atomic mass is 9.76. The first-order chi connectivity index (χ1) is 7.47. The van der Waals surface area contributed by atoms with Gasteiger partial charge in [0.25, 0.3) is 0 Å². The van der Waals surface area contributed by atoms with E-state index in [1.807, 2.05) is 0 Å². The summed E-state index contributed by atoms with van der Waals surface area (Å²) in [6.07, 6.45) is 6.70. The smallest absolute Gasteiger partial charge is 0.00106 e. The van der Waals surface area contributed by atoms with Crippen LogP contribution in [0.3, 0.4) is 0 Å². The highest BCUT2D eigenvalue weighted by Crippen LogP contribution is 2.33. The maximum atomic E-state index is 3.62. The number of nitrogens with one attached hydrogen (secondary N) is 1. The van der Waals surface area contributed by atoms with Gasteiger partial charge >= 0.3 is 0 Å². The molecule has 0 aliphatic carbocycles. The van der Waals surface area contributed by atoms with Gasteiger partial charge in [0, 0.05) is 12.6 Å². The summed E-state index contributed by atoms with van der Waals surface area (Å²) in [7, 11) is 0. The highest BCUT2D eigenvalue weighted by molar-refractivity contribution is 4.80. The molecule has 0 heterocycles. The highest BCUT2D eigenvalue weighted by Gasteiger charge is 2.26. The molecule has 0 saturated carbocycles. The van der Waals surface area contributed by atoms with E-state index in [1.54, 1.807) is 0 Å². The van der Waals surface area contributed by atoms with Gasteiger partial charge in [0.05, 0.1) is 0 Å². The first kappa shape index (κ1) is 16.0. The van der Waals surface area contributed by atoms with E-state index in [9.17, 15) is 0 Å². The van der Waals surface area contributed by atoms with Crippen molar-refractivity contribution < 1.29 is 0 Å². The van der Waals surface area contributed by atoms with Crippen LogP contribution in [0.2, 0.25) is 0 Å². The van der Waals surface area contributed by atoms with E-state index >= 15 is 0 Å². The van der Waals surface area contributed by atoms with E-state index in [0.717, 1.165) is 5.92 Å². The first-order valence-electron chi connectivity index (χ1n) is 7.20. The summed E-state index contributed by atoms with van der Waals surface area (Å²) in [4.78, 5) is 0. The number of hydrogen-bond acceptors (Lipinski definition) is 1. The molecule has 0 aliphatic rings. The Labute approximate surface area is 103 Å². The van der Waals surface area contributed by atoms with Gasteiger partial charge in [0.2, 0.25) is 0 Å². The third kappa shape index (κ3) is 6.52. The molecule has 1 atom stereocenters. The molecular formula is C15H33N. The van der Waals surface area contributed by atoms with Crippen LogP contribution in [-0.4, -0.2) is 12.6 Å². The van der Waals surface area contributed by atoms with E-state index < -0.39 is 0 Å². The Bertz CT molecular complexity index is 161. The zero-order valence-electron chi connectivity index (χ0n) is 12.4. The van der Waals surface area contributed by atoms with Gasteiger partial charge in [-0.25, -0.2) is 0 Å². The fourth-order valence-electron chi connectivity index (χ4n) is 2.59. The number of hydrogen-bond donors (Lipinski definition) is 1. The van der Waals surface area contributed by atoms with Gasteiger partial charge in [-0.15, -0.1) is 0 Å². The zero-order valence-corrected chi connectivity index (χ0v) is 12.4. The third-order valence-electron chi connectivity index (χ3n) is 3.73. The van der Waals surface area contributed by atoms with Crippen LogP contribution in [0.4, 0.5) is 0 Å². The summed E-state index contributed by atoms with van der Waals surface area (Å²) in [5, 5.41) is 3.62. The summed E-state index contributed by atoms with van der Waals surface area (Å²) < 4.78 is 0. The summed E-state index contributed by atoms with van der Waals surface area (Å²) in [5.74, 6) is 0.908.